The molecule has 1 fully saturated rings. The Morgan fingerprint density at radius 3 is 2.30 bits per heavy atom. The molecule has 1 aliphatic rings. The van der Waals surface area contributed by atoms with Crippen LogP contribution in [0.1, 0.15) is 26.3 Å². The standard InChI is InChI=1S/C22H21ClFNO7S/c1-11(26)30-18-10-33-22(29,21(32-13(3)28)20(18)31-12(2)27)16-8-14(4-5-17(16)23)15-6-7-25-19(24)9-15/h4-9,18,20-21,29H,10H2,1-3H3/t18-,20+,21-,22-/m1/s1. The summed E-state index contributed by atoms with van der Waals surface area (Å²) in [5, 5.41) is 11.9. The number of carbonyl (C=O) groups excluding carboxylic acids is 3. The number of pyridine rings is 1. The molecule has 1 saturated heterocycles. The van der Waals surface area contributed by atoms with Crippen molar-refractivity contribution in [1.82, 2.24) is 4.98 Å². The maximum absolute atomic E-state index is 13.7. The Bertz CT molecular complexity index is 1080. The van der Waals surface area contributed by atoms with Crippen molar-refractivity contribution in [2.45, 2.75) is 44.0 Å². The van der Waals surface area contributed by atoms with Crippen molar-refractivity contribution >= 4 is 41.3 Å². The van der Waals surface area contributed by atoms with Crippen molar-refractivity contribution in [1.29, 1.82) is 0 Å². The van der Waals surface area contributed by atoms with Gasteiger partial charge in [-0.3, -0.25) is 14.4 Å². The largest absolute Gasteiger partial charge is 0.458 e. The van der Waals surface area contributed by atoms with Gasteiger partial charge >= 0.3 is 17.9 Å². The summed E-state index contributed by atoms with van der Waals surface area (Å²) in [6.07, 6.45) is -2.47. The number of hydrogen-bond donors (Lipinski definition) is 1. The lowest BCUT2D eigenvalue weighted by Gasteiger charge is -2.45. The number of thioether (sulfide) groups is 1. The predicted octanol–water partition coefficient (Wildman–Crippen LogP) is 3.23. The summed E-state index contributed by atoms with van der Waals surface area (Å²) < 4.78 is 29.6. The third-order valence-corrected chi connectivity index (χ3v) is 6.56. The Morgan fingerprint density at radius 2 is 1.70 bits per heavy atom. The summed E-state index contributed by atoms with van der Waals surface area (Å²) in [6, 6.07) is 7.46. The first-order valence-electron chi connectivity index (χ1n) is 9.81. The van der Waals surface area contributed by atoms with Gasteiger partial charge < -0.3 is 19.3 Å². The molecule has 2 heterocycles. The first-order chi connectivity index (χ1) is 15.5. The van der Waals surface area contributed by atoms with E-state index in [2.05, 4.69) is 4.98 Å². The van der Waals surface area contributed by atoms with Crippen LogP contribution >= 0.6 is 23.4 Å². The van der Waals surface area contributed by atoms with Gasteiger partial charge in [0.25, 0.3) is 0 Å². The summed E-state index contributed by atoms with van der Waals surface area (Å²) in [5.74, 6) is -2.80. The fraction of sp³-hybridized carbons (Fsp3) is 0.364. The number of hydrogen-bond acceptors (Lipinski definition) is 9. The van der Waals surface area contributed by atoms with Gasteiger partial charge in [-0.25, -0.2) is 4.98 Å². The molecular weight excluding hydrogens is 477 g/mol. The molecule has 3 rings (SSSR count). The molecule has 0 aliphatic carbocycles. The summed E-state index contributed by atoms with van der Waals surface area (Å²) >= 11 is 7.33. The third-order valence-electron chi connectivity index (χ3n) is 4.84. The molecule has 0 saturated carbocycles. The topological polar surface area (TPSA) is 112 Å². The number of benzene rings is 1. The molecule has 8 nitrogen and oxygen atoms in total. The first kappa shape index (κ1) is 24.9. The minimum atomic E-state index is -1.99. The van der Waals surface area contributed by atoms with Gasteiger partial charge in [0.2, 0.25) is 5.95 Å². The summed E-state index contributed by atoms with van der Waals surface area (Å²) in [7, 11) is 0. The SMILES string of the molecule is CC(=O)O[C@@H]1[C@@H](OC(C)=O)[C@@](O)(c2cc(-c3ccnc(F)c3)ccc2Cl)SC[C@H]1OC(C)=O. The van der Waals surface area contributed by atoms with E-state index < -0.39 is 47.1 Å². The molecule has 1 N–H and O–H groups in total. The minimum absolute atomic E-state index is 0.0102. The molecule has 2 aromatic rings. The monoisotopic (exact) mass is 497 g/mol. The fourth-order valence-corrected chi connectivity index (χ4v) is 5.23. The molecular formula is C22H21ClFNO7S. The van der Waals surface area contributed by atoms with Gasteiger partial charge in [0.1, 0.15) is 0 Å². The second-order valence-electron chi connectivity index (χ2n) is 7.32. The van der Waals surface area contributed by atoms with E-state index in [1.807, 2.05) is 0 Å². The van der Waals surface area contributed by atoms with Gasteiger partial charge in [0.05, 0.1) is 0 Å². The van der Waals surface area contributed by atoms with Crippen LogP contribution < -0.4 is 0 Å². The van der Waals surface area contributed by atoms with Gasteiger partial charge in [0.15, 0.2) is 23.2 Å². The van der Waals surface area contributed by atoms with E-state index in [-0.39, 0.29) is 16.3 Å². The highest BCUT2D eigenvalue weighted by molar-refractivity contribution is 8.00. The summed E-state index contributed by atoms with van der Waals surface area (Å²) in [6.45, 7) is 3.45. The van der Waals surface area contributed by atoms with Gasteiger partial charge in [0, 0.05) is 49.4 Å². The van der Waals surface area contributed by atoms with E-state index in [0.29, 0.717) is 11.1 Å². The van der Waals surface area contributed by atoms with Gasteiger partial charge in [-0.1, -0.05) is 17.7 Å². The van der Waals surface area contributed by atoms with Gasteiger partial charge in [-0.2, -0.15) is 4.39 Å². The quantitative estimate of drug-likeness (QED) is 0.378. The zero-order chi connectivity index (χ0) is 24.3. The highest BCUT2D eigenvalue weighted by atomic mass is 35.5. The highest BCUT2D eigenvalue weighted by Crippen LogP contribution is 2.49. The van der Waals surface area contributed by atoms with Crippen molar-refractivity contribution < 1.29 is 38.1 Å². The van der Waals surface area contributed by atoms with Crippen LogP contribution in [0, 0.1) is 5.95 Å². The Hall–Kier alpha value is -2.69. The Morgan fingerprint density at radius 1 is 1.06 bits per heavy atom. The zero-order valence-electron chi connectivity index (χ0n) is 17.9. The first-order valence-corrected chi connectivity index (χ1v) is 11.2. The molecule has 0 radical (unpaired) electrons. The Kier molecular flexibility index (Phi) is 7.61. The molecule has 176 valence electrons. The molecule has 0 bridgehead atoms. The summed E-state index contributed by atoms with van der Waals surface area (Å²) in [4.78, 5) is 36.9. The molecule has 33 heavy (non-hydrogen) atoms. The number of aliphatic hydroxyl groups is 1. The molecule has 1 aliphatic heterocycles. The minimum Gasteiger partial charge on any atom is -0.458 e. The molecule has 11 heteroatoms. The van der Waals surface area contributed by atoms with E-state index in [4.69, 9.17) is 25.8 Å². The number of ether oxygens (including phenoxy) is 3. The van der Waals surface area contributed by atoms with E-state index in [1.54, 1.807) is 12.1 Å². The lowest BCUT2D eigenvalue weighted by molar-refractivity contribution is -0.197. The average molecular weight is 498 g/mol. The summed E-state index contributed by atoms with van der Waals surface area (Å²) in [5.41, 5.74) is 1.13. The van der Waals surface area contributed by atoms with E-state index in [0.717, 1.165) is 25.6 Å². The van der Waals surface area contributed by atoms with Crippen molar-refractivity contribution in [3.63, 3.8) is 0 Å². The highest BCUT2D eigenvalue weighted by Gasteiger charge is 2.56. The van der Waals surface area contributed by atoms with Gasteiger partial charge in [-0.15, -0.1) is 11.8 Å². The molecule has 0 spiro atoms. The number of carbonyl (C=O) groups is 3. The number of esters is 3. The number of aromatic nitrogens is 1. The lowest BCUT2D eigenvalue weighted by Crippen LogP contribution is -2.58. The molecule has 0 unspecified atom stereocenters. The van der Waals surface area contributed by atoms with Crippen LogP contribution in [0.15, 0.2) is 36.5 Å². The van der Waals surface area contributed by atoms with E-state index >= 15 is 0 Å². The lowest BCUT2D eigenvalue weighted by atomic mass is 9.93. The normalized spacial score (nSPS) is 24.6. The smallest absolute Gasteiger partial charge is 0.303 e. The Labute approximate surface area is 198 Å². The van der Waals surface area contributed by atoms with Crippen molar-refractivity contribution in [3.8, 4) is 11.1 Å². The molecule has 4 atom stereocenters. The number of nitrogens with zero attached hydrogens (tertiary/aromatic N) is 1. The van der Waals surface area contributed by atoms with Crippen molar-refractivity contribution in [2.24, 2.45) is 0 Å². The van der Waals surface area contributed by atoms with Crippen molar-refractivity contribution in [2.75, 3.05) is 5.75 Å². The third kappa shape index (κ3) is 5.63. The molecule has 0 amide bonds. The predicted molar refractivity (Wildman–Crippen MR) is 118 cm³/mol. The maximum Gasteiger partial charge on any atom is 0.303 e. The second kappa shape index (κ2) is 10.1. The van der Waals surface area contributed by atoms with Crippen LogP contribution in [0.4, 0.5) is 4.39 Å². The molecule has 1 aromatic carbocycles. The van der Waals surface area contributed by atoms with Crippen LogP contribution in [0.5, 0.6) is 0 Å². The zero-order valence-corrected chi connectivity index (χ0v) is 19.5. The second-order valence-corrected chi connectivity index (χ2v) is 8.97. The van der Waals surface area contributed by atoms with Crippen LogP contribution in [-0.4, -0.2) is 52.1 Å². The molecule has 1 aromatic heterocycles. The van der Waals surface area contributed by atoms with Crippen molar-refractivity contribution in [3.05, 3.63) is 53.1 Å². The number of halogens is 2. The average Bonchev–Trinajstić information content (AvgIpc) is 2.72. The van der Waals surface area contributed by atoms with Crippen LogP contribution in [0.2, 0.25) is 5.02 Å². The fourth-order valence-electron chi connectivity index (χ4n) is 3.57. The Balaban J connectivity index is 2.12. The number of rotatable bonds is 5. The van der Waals surface area contributed by atoms with Crippen LogP contribution in [0.25, 0.3) is 11.1 Å². The van der Waals surface area contributed by atoms with E-state index in [9.17, 15) is 23.9 Å². The van der Waals surface area contributed by atoms with E-state index in [1.165, 1.54) is 31.3 Å². The van der Waals surface area contributed by atoms with Gasteiger partial charge in [-0.05, 0) is 29.3 Å². The maximum atomic E-state index is 13.7. The van der Waals surface area contributed by atoms with Crippen LogP contribution in [-0.2, 0) is 33.5 Å². The van der Waals surface area contributed by atoms with Crippen LogP contribution in [0.3, 0.4) is 0 Å².